The second-order valence-corrected chi connectivity index (χ2v) is 3.85. The summed E-state index contributed by atoms with van der Waals surface area (Å²) < 4.78 is 6.66. The third kappa shape index (κ3) is 1.66. The highest BCUT2D eigenvalue weighted by Gasteiger charge is 2.16. The highest BCUT2D eigenvalue weighted by atomic mass is 16.5. The number of carbonyl (C=O) groups is 1. The van der Waals surface area contributed by atoms with Crippen LogP contribution in [0.2, 0.25) is 0 Å². The van der Waals surface area contributed by atoms with E-state index in [4.69, 9.17) is 4.74 Å². The molecule has 0 fully saturated rings. The second-order valence-electron chi connectivity index (χ2n) is 3.85. The number of esters is 1. The Bertz CT molecular complexity index is 531. The van der Waals surface area contributed by atoms with Crippen LogP contribution in [0.15, 0.2) is 24.5 Å². The van der Waals surface area contributed by atoms with E-state index in [9.17, 15) is 4.79 Å². The minimum atomic E-state index is -0.246. The zero-order valence-electron chi connectivity index (χ0n) is 9.60. The van der Waals surface area contributed by atoms with E-state index < -0.39 is 0 Å². The third-order valence-electron chi connectivity index (χ3n) is 2.80. The van der Waals surface area contributed by atoms with Crippen LogP contribution in [-0.4, -0.2) is 22.6 Å². The van der Waals surface area contributed by atoms with Gasteiger partial charge >= 0.3 is 5.97 Å². The molecular weight excluding hydrogens is 204 g/mol. The van der Waals surface area contributed by atoms with Crippen LogP contribution in [0.4, 0.5) is 0 Å². The number of methoxy groups -OCH3 is 1. The number of hydrogen-bond acceptors (Lipinski definition) is 3. The van der Waals surface area contributed by atoms with E-state index in [1.165, 1.54) is 7.11 Å². The summed E-state index contributed by atoms with van der Waals surface area (Å²) in [6, 6.07) is 5.81. The average Bonchev–Trinajstić information content (AvgIpc) is 2.68. The Labute approximate surface area is 93.9 Å². The smallest absolute Gasteiger partial charge is 0.312 e. The largest absolute Gasteiger partial charge is 0.469 e. The SMILES string of the molecule is COC(=O)C(C)c1ccc2ncn(C)c2c1. The molecule has 1 atom stereocenters. The maximum Gasteiger partial charge on any atom is 0.312 e. The van der Waals surface area contributed by atoms with Crippen LogP contribution in [0, 0.1) is 0 Å². The zero-order valence-corrected chi connectivity index (χ0v) is 9.60. The maximum absolute atomic E-state index is 11.4. The Balaban J connectivity index is 2.45. The molecule has 1 aromatic carbocycles. The van der Waals surface area contributed by atoms with Crippen LogP contribution < -0.4 is 0 Å². The molecule has 0 amide bonds. The van der Waals surface area contributed by atoms with Crippen molar-refractivity contribution < 1.29 is 9.53 Å². The van der Waals surface area contributed by atoms with Gasteiger partial charge in [0.05, 0.1) is 30.4 Å². The van der Waals surface area contributed by atoms with Crippen molar-refractivity contribution in [1.29, 1.82) is 0 Å². The normalized spacial score (nSPS) is 12.7. The fourth-order valence-corrected chi connectivity index (χ4v) is 1.73. The van der Waals surface area contributed by atoms with E-state index in [0.717, 1.165) is 16.6 Å². The first kappa shape index (κ1) is 10.7. The fourth-order valence-electron chi connectivity index (χ4n) is 1.73. The topological polar surface area (TPSA) is 44.1 Å². The molecule has 1 heterocycles. The number of fused-ring (bicyclic) bond motifs is 1. The zero-order chi connectivity index (χ0) is 11.7. The Kier molecular flexibility index (Phi) is 2.64. The second kappa shape index (κ2) is 3.96. The summed E-state index contributed by atoms with van der Waals surface area (Å²) in [5.74, 6) is -0.467. The fraction of sp³-hybridized carbons (Fsp3) is 0.333. The first-order valence-electron chi connectivity index (χ1n) is 5.12. The summed E-state index contributed by atoms with van der Waals surface area (Å²) in [7, 11) is 3.34. The molecule has 0 N–H and O–H groups in total. The molecule has 16 heavy (non-hydrogen) atoms. The summed E-state index contributed by atoms with van der Waals surface area (Å²) in [6.45, 7) is 1.84. The standard InChI is InChI=1S/C12H14N2O2/c1-8(12(15)16-3)9-4-5-10-11(6-9)14(2)7-13-10/h4-8H,1-3H3. The molecule has 4 nitrogen and oxygen atoms in total. The predicted octanol–water partition coefficient (Wildman–Crippen LogP) is 1.85. The van der Waals surface area contributed by atoms with Crippen molar-refractivity contribution in [2.24, 2.45) is 7.05 Å². The van der Waals surface area contributed by atoms with E-state index in [2.05, 4.69) is 4.98 Å². The third-order valence-corrected chi connectivity index (χ3v) is 2.80. The van der Waals surface area contributed by atoms with Crippen molar-refractivity contribution >= 4 is 17.0 Å². The monoisotopic (exact) mass is 218 g/mol. The van der Waals surface area contributed by atoms with Gasteiger partial charge in [-0.2, -0.15) is 0 Å². The molecule has 1 unspecified atom stereocenters. The number of imidazole rings is 1. The molecule has 0 aliphatic carbocycles. The molecule has 0 bridgehead atoms. The van der Waals surface area contributed by atoms with E-state index >= 15 is 0 Å². The van der Waals surface area contributed by atoms with Gasteiger partial charge in [-0.15, -0.1) is 0 Å². The van der Waals surface area contributed by atoms with Gasteiger partial charge in [0, 0.05) is 7.05 Å². The van der Waals surface area contributed by atoms with Gasteiger partial charge in [0.15, 0.2) is 0 Å². The van der Waals surface area contributed by atoms with E-state index in [0.29, 0.717) is 0 Å². The van der Waals surface area contributed by atoms with Gasteiger partial charge in [0.1, 0.15) is 0 Å². The van der Waals surface area contributed by atoms with Gasteiger partial charge in [0.25, 0.3) is 0 Å². The van der Waals surface area contributed by atoms with Gasteiger partial charge in [0.2, 0.25) is 0 Å². The first-order valence-corrected chi connectivity index (χ1v) is 5.12. The summed E-state index contributed by atoms with van der Waals surface area (Å²) in [5.41, 5.74) is 2.90. The Hall–Kier alpha value is -1.84. The maximum atomic E-state index is 11.4. The summed E-state index contributed by atoms with van der Waals surface area (Å²) in [5, 5.41) is 0. The van der Waals surface area contributed by atoms with Crippen molar-refractivity contribution in [3.8, 4) is 0 Å². The van der Waals surface area contributed by atoms with Crippen LogP contribution in [0.3, 0.4) is 0 Å². The lowest BCUT2D eigenvalue weighted by Crippen LogP contribution is -2.10. The molecule has 0 spiro atoms. The van der Waals surface area contributed by atoms with Gasteiger partial charge in [-0.3, -0.25) is 4.79 Å². The molecule has 0 aliphatic heterocycles. The number of hydrogen-bond donors (Lipinski definition) is 0. The Morgan fingerprint density at radius 2 is 2.25 bits per heavy atom. The molecule has 2 aromatic rings. The molecule has 2 rings (SSSR count). The van der Waals surface area contributed by atoms with Gasteiger partial charge in [-0.05, 0) is 24.6 Å². The molecule has 1 aromatic heterocycles. The van der Waals surface area contributed by atoms with Gasteiger partial charge in [-0.1, -0.05) is 6.07 Å². The number of rotatable bonds is 2. The first-order chi connectivity index (χ1) is 7.63. The van der Waals surface area contributed by atoms with E-state index in [1.807, 2.05) is 36.7 Å². The van der Waals surface area contributed by atoms with Crippen LogP contribution >= 0.6 is 0 Å². The molecule has 0 aliphatic rings. The lowest BCUT2D eigenvalue weighted by molar-refractivity contribution is -0.141. The summed E-state index contributed by atoms with van der Waals surface area (Å²) in [6.07, 6.45) is 1.76. The molecule has 0 radical (unpaired) electrons. The van der Waals surface area contributed by atoms with Crippen molar-refractivity contribution in [2.75, 3.05) is 7.11 Å². The number of benzene rings is 1. The van der Waals surface area contributed by atoms with Crippen molar-refractivity contribution in [3.63, 3.8) is 0 Å². The average molecular weight is 218 g/mol. The molecule has 0 saturated carbocycles. The van der Waals surface area contributed by atoms with Gasteiger partial charge in [-0.25, -0.2) is 4.98 Å². The highest BCUT2D eigenvalue weighted by molar-refractivity contribution is 5.81. The van der Waals surface area contributed by atoms with Crippen molar-refractivity contribution in [2.45, 2.75) is 12.8 Å². The minimum Gasteiger partial charge on any atom is -0.469 e. The molecular formula is C12H14N2O2. The number of nitrogens with zero attached hydrogens (tertiary/aromatic N) is 2. The number of aryl methyl sites for hydroxylation is 1. The number of ether oxygens (including phenoxy) is 1. The summed E-state index contributed by atoms with van der Waals surface area (Å²) in [4.78, 5) is 15.7. The van der Waals surface area contributed by atoms with Crippen molar-refractivity contribution in [3.05, 3.63) is 30.1 Å². The Morgan fingerprint density at radius 3 is 2.94 bits per heavy atom. The van der Waals surface area contributed by atoms with E-state index in [-0.39, 0.29) is 11.9 Å². The summed E-state index contributed by atoms with van der Waals surface area (Å²) >= 11 is 0. The predicted molar refractivity (Wildman–Crippen MR) is 61.1 cm³/mol. The van der Waals surface area contributed by atoms with Crippen LogP contribution in [0.25, 0.3) is 11.0 Å². The number of aromatic nitrogens is 2. The number of carbonyl (C=O) groups excluding carboxylic acids is 1. The van der Waals surface area contributed by atoms with Crippen LogP contribution in [0.1, 0.15) is 18.4 Å². The highest BCUT2D eigenvalue weighted by Crippen LogP contribution is 2.21. The minimum absolute atomic E-state index is 0.221. The lowest BCUT2D eigenvalue weighted by Gasteiger charge is -2.09. The molecule has 84 valence electrons. The molecule has 0 saturated heterocycles. The van der Waals surface area contributed by atoms with Crippen molar-refractivity contribution in [1.82, 2.24) is 9.55 Å². The quantitative estimate of drug-likeness (QED) is 0.722. The van der Waals surface area contributed by atoms with E-state index in [1.54, 1.807) is 6.33 Å². The Morgan fingerprint density at radius 1 is 1.50 bits per heavy atom. The van der Waals surface area contributed by atoms with Crippen LogP contribution in [-0.2, 0) is 16.6 Å². The van der Waals surface area contributed by atoms with Gasteiger partial charge < -0.3 is 9.30 Å². The molecule has 4 heteroatoms. The van der Waals surface area contributed by atoms with Crippen LogP contribution in [0.5, 0.6) is 0 Å². The lowest BCUT2D eigenvalue weighted by atomic mass is 10.0.